The van der Waals surface area contributed by atoms with Crippen molar-refractivity contribution in [1.82, 2.24) is 4.57 Å². The zero-order chi connectivity index (χ0) is 12.3. The molecule has 3 nitrogen and oxygen atoms in total. The summed E-state index contributed by atoms with van der Waals surface area (Å²) in [6.45, 7) is 4.54. The van der Waals surface area contributed by atoms with Crippen molar-refractivity contribution >= 4 is 17.2 Å². The fraction of sp³-hybridized carbons (Fsp3) is 0.214. The van der Waals surface area contributed by atoms with Gasteiger partial charge in [-0.2, -0.15) is 0 Å². The fourth-order valence-electron chi connectivity index (χ4n) is 1.94. The van der Waals surface area contributed by atoms with Crippen LogP contribution in [0.4, 0.5) is 0 Å². The van der Waals surface area contributed by atoms with E-state index in [2.05, 4.69) is 11.1 Å². The van der Waals surface area contributed by atoms with Crippen LogP contribution in [-0.4, -0.2) is 18.0 Å². The van der Waals surface area contributed by atoms with E-state index in [1.54, 1.807) is 7.11 Å². The number of fused-ring (bicyclic) bond motifs is 1. The second-order valence-electron chi connectivity index (χ2n) is 3.86. The second kappa shape index (κ2) is 4.87. The van der Waals surface area contributed by atoms with E-state index in [1.165, 1.54) is 0 Å². The van der Waals surface area contributed by atoms with Gasteiger partial charge in [0.05, 0.1) is 7.11 Å². The first-order chi connectivity index (χ1) is 8.30. The molecular formula is C14H15NO2. The quantitative estimate of drug-likeness (QED) is 0.583. The maximum atomic E-state index is 11.0. The van der Waals surface area contributed by atoms with E-state index >= 15 is 0 Å². The number of hydrogen-bond donors (Lipinski definition) is 0. The summed E-state index contributed by atoms with van der Waals surface area (Å²) in [5.74, 6) is 0.766. The highest BCUT2D eigenvalue weighted by Gasteiger charge is 2.08. The van der Waals surface area contributed by atoms with Gasteiger partial charge in [-0.1, -0.05) is 6.08 Å². The Bertz CT molecular complexity index is 555. The molecule has 0 aliphatic rings. The maximum absolute atomic E-state index is 11.0. The molecule has 2 rings (SSSR count). The molecule has 1 heterocycles. The first kappa shape index (κ1) is 11.5. The summed E-state index contributed by atoms with van der Waals surface area (Å²) in [6.07, 6.45) is 5.51. The maximum Gasteiger partial charge on any atom is 0.152 e. The van der Waals surface area contributed by atoms with Crippen LogP contribution >= 0.6 is 0 Å². The predicted octanol–water partition coefficient (Wildman–Crippen LogP) is 3.04. The Morgan fingerprint density at radius 1 is 1.47 bits per heavy atom. The number of ether oxygens (including phenoxy) is 1. The van der Waals surface area contributed by atoms with E-state index in [4.69, 9.17) is 4.74 Å². The molecule has 3 heteroatoms. The van der Waals surface area contributed by atoms with Gasteiger partial charge in [-0.3, -0.25) is 4.79 Å². The predicted molar refractivity (Wildman–Crippen MR) is 68.7 cm³/mol. The Labute approximate surface area is 100 Å². The van der Waals surface area contributed by atoms with E-state index in [-0.39, 0.29) is 0 Å². The first-order valence-corrected chi connectivity index (χ1v) is 5.53. The summed E-state index contributed by atoms with van der Waals surface area (Å²) in [5, 5.41) is 0.934. The first-order valence-electron chi connectivity index (χ1n) is 5.53. The monoisotopic (exact) mass is 229 g/mol. The smallest absolute Gasteiger partial charge is 0.152 e. The number of rotatable bonds is 5. The molecule has 1 aromatic heterocycles. The van der Waals surface area contributed by atoms with Crippen molar-refractivity contribution in [2.24, 2.45) is 0 Å². The zero-order valence-electron chi connectivity index (χ0n) is 9.85. The molecule has 2 aromatic rings. The number of hydrogen-bond acceptors (Lipinski definition) is 2. The highest BCUT2D eigenvalue weighted by Crippen LogP contribution is 2.25. The molecular weight excluding hydrogens is 214 g/mol. The molecule has 0 amide bonds. The van der Waals surface area contributed by atoms with Crippen LogP contribution in [0.5, 0.6) is 5.75 Å². The average molecular weight is 229 g/mol. The van der Waals surface area contributed by atoms with Crippen molar-refractivity contribution in [2.75, 3.05) is 7.11 Å². The molecule has 0 atom stereocenters. The van der Waals surface area contributed by atoms with Gasteiger partial charge < -0.3 is 9.30 Å². The van der Waals surface area contributed by atoms with E-state index in [0.717, 1.165) is 35.9 Å². The second-order valence-corrected chi connectivity index (χ2v) is 3.86. The van der Waals surface area contributed by atoms with Gasteiger partial charge in [-0.05, 0) is 24.6 Å². The Morgan fingerprint density at radius 2 is 2.29 bits per heavy atom. The third-order valence-corrected chi connectivity index (χ3v) is 2.82. The van der Waals surface area contributed by atoms with Gasteiger partial charge in [0.1, 0.15) is 5.75 Å². The Morgan fingerprint density at radius 3 is 2.94 bits per heavy atom. The summed E-state index contributed by atoms with van der Waals surface area (Å²) >= 11 is 0. The molecule has 0 saturated heterocycles. The Balaban J connectivity index is 2.55. The molecule has 0 radical (unpaired) electrons. The lowest BCUT2D eigenvalue weighted by Crippen LogP contribution is -1.94. The Hall–Kier alpha value is -2.03. The van der Waals surface area contributed by atoms with Gasteiger partial charge in [-0.15, -0.1) is 6.58 Å². The number of nitrogens with zero attached hydrogens (tertiary/aromatic N) is 1. The number of carbonyl (C=O) groups is 1. The van der Waals surface area contributed by atoms with Crippen molar-refractivity contribution in [3.05, 3.63) is 42.6 Å². The molecule has 0 N–H and O–H groups in total. The van der Waals surface area contributed by atoms with Crippen LogP contribution in [0, 0.1) is 0 Å². The highest BCUT2D eigenvalue weighted by atomic mass is 16.5. The molecule has 17 heavy (non-hydrogen) atoms. The van der Waals surface area contributed by atoms with Crippen LogP contribution in [0.2, 0.25) is 0 Å². The van der Waals surface area contributed by atoms with E-state index in [0.29, 0.717) is 5.56 Å². The van der Waals surface area contributed by atoms with Crippen LogP contribution in [0.3, 0.4) is 0 Å². The van der Waals surface area contributed by atoms with Crippen molar-refractivity contribution in [2.45, 2.75) is 13.0 Å². The lowest BCUT2D eigenvalue weighted by atomic mass is 10.2. The highest BCUT2D eigenvalue weighted by molar-refractivity contribution is 5.98. The van der Waals surface area contributed by atoms with Crippen LogP contribution in [0.15, 0.2) is 37.1 Å². The normalized spacial score (nSPS) is 10.4. The number of benzene rings is 1. The van der Waals surface area contributed by atoms with Gasteiger partial charge in [0.25, 0.3) is 0 Å². The van der Waals surface area contributed by atoms with E-state index < -0.39 is 0 Å². The van der Waals surface area contributed by atoms with Crippen LogP contribution in [-0.2, 0) is 6.54 Å². The van der Waals surface area contributed by atoms with Gasteiger partial charge in [0, 0.05) is 29.2 Å². The van der Waals surface area contributed by atoms with Crippen molar-refractivity contribution in [3.63, 3.8) is 0 Å². The number of aryl methyl sites for hydroxylation is 1. The standard InChI is InChI=1S/C14H15NO2/c1-3-4-7-15-9-11(10-16)13-8-12(17-2)5-6-14(13)15/h3,5-6,8-10H,1,4,7H2,2H3. The number of allylic oxidation sites excluding steroid dienone is 1. The summed E-state index contributed by atoms with van der Waals surface area (Å²) in [7, 11) is 1.62. The van der Waals surface area contributed by atoms with Gasteiger partial charge in [0.15, 0.2) is 6.29 Å². The molecule has 0 aliphatic carbocycles. The van der Waals surface area contributed by atoms with Gasteiger partial charge in [0.2, 0.25) is 0 Å². The van der Waals surface area contributed by atoms with Crippen LogP contribution < -0.4 is 4.74 Å². The van der Waals surface area contributed by atoms with E-state index in [9.17, 15) is 4.79 Å². The van der Waals surface area contributed by atoms with Crippen molar-refractivity contribution < 1.29 is 9.53 Å². The van der Waals surface area contributed by atoms with E-state index in [1.807, 2.05) is 30.5 Å². The van der Waals surface area contributed by atoms with Crippen molar-refractivity contribution in [1.29, 1.82) is 0 Å². The summed E-state index contributed by atoms with van der Waals surface area (Å²) < 4.78 is 7.24. The van der Waals surface area contributed by atoms with Gasteiger partial charge >= 0.3 is 0 Å². The molecule has 88 valence electrons. The lowest BCUT2D eigenvalue weighted by molar-refractivity contribution is 0.112. The molecule has 0 unspecified atom stereocenters. The van der Waals surface area contributed by atoms with Crippen molar-refractivity contribution in [3.8, 4) is 5.75 Å². The lowest BCUT2D eigenvalue weighted by Gasteiger charge is -2.04. The Kier molecular flexibility index (Phi) is 3.28. The van der Waals surface area contributed by atoms with Crippen LogP contribution in [0.25, 0.3) is 10.9 Å². The number of methoxy groups -OCH3 is 1. The summed E-state index contributed by atoms with van der Waals surface area (Å²) in [4.78, 5) is 11.0. The largest absolute Gasteiger partial charge is 0.497 e. The average Bonchev–Trinajstić information content (AvgIpc) is 2.73. The number of aldehydes is 1. The molecule has 0 saturated carbocycles. The third-order valence-electron chi connectivity index (χ3n) is 2.82. The third kappa shape index (κ3) is 2.09. The van der Waals surface area contributed by atoms with Crippen LogP contribution in [0.1, 0.15) is 16.8 Å². The summed E-state index contributed by atoms with van der Waals surface area (Å²) in [5.41, 5.74) is 1.75. The molecule has 0 spiro atoms. The molecule has 0 bridgehead atoms. The molecule has 0 fully saturated rings. The summed E-state index contributed by atoms with van der Waals surface area (Å²) in [6, 6.07) is 5.77. The zero-order valence-corrected chi connectivity index (χ0v) is 9.85. The number of aromatic nitrogens is 1. The minimum atomic E-state index is 0.697. The number of carbonyl (C=O) groups excluding carboxylic acids is 1. The SMILES string of the molecule is C=CCCn1cc(C=O)c2cc(OC)ccc21. The van der Waals surface area contributed by atoms with Gasteiger partial charge in [-0.25, -0.2) is 0 Å². The minimum absolute atomic E-state index is 0.697. The minimum Gasteiger partial charge on any atom is -0.497 e. The molecule has 0 aliphatic heterocycles. The topological polar surface area (TPSA) is 31.2 Å². The molecule has 1 aromatic carbocycles. The fourth-order valence-corrected chi connectivity index (χ4v) is 1.94.